The van der Waals surface area contributed by atoms with Gasteiger partial charge in [-0.3, -0.25) is 4.79 Å². The van der Waals surface area contributed by atoms with Crippen LogP contribution in [0.5, 0.6) is 0 Å². The molecule has 0 unspecified atom stereocenters. The summed E-state index contributed by atoms with van der Waals surface area (Å²) >= 11 is 0. The van der Waals surface area contributed by atoms with Crippen molar-refractivity contribution in [3.05, 3.63) is 0 Å². The first-order valence-corrected chi connectivity index (χ1v) is 5.09. The van der Waals surface area contributed by atoms with Crippen LogP contribution in [0, 0.1) is 0 Å². The molecule has 0 aromatic carbocycles. The molecule has 0 radical (unpaired) electrons. The predicted molar refractivity (Wildman–Crippen MR) is 54.0 cm³/mol. The number of halogens is 3. The number of nitrogens with one attached hydrogen (secondary N) is 1. The Morgan fingerprint density at radius 2 is 1.81 bits per heavy atom. The zero-order chi connectivity index (χ0) is 12.8. The van der Waals surface area contributed by atoms with E-state index < -0.39 is 24.2 Å². The van der Waals surface area contributed by atoms with Crippen LogP contribution >= 0.6 is 0 Å². The number of hydrogen-bond acceptors (Lipinski definition) is 3. The summed E-state index contributed by atoms with van der Waals surface area (Å²) in [5.74, 6) is -0.459. The second-order valence-corrected chi connectivity index (χ2v) is 4.48. The highest BCUT2D eigenvalue weighted by Gasteiger charge is 2.25. The SMILES string of the molecule is CC(C)(C)OC(=O)CNCCCC(F)(F)F. The first kappa shape index (κ1) is 15.2. The van der Waals surface area contributed by atoms with Gasteiger partial charge in [0.2, 0.25) is 0 Å². The third-order valence-corrected chi connectivity index (χ3v) is 1.50. The van der Waals surface area contributed by atoms with Crippen molar-refractivity contribution >= 4 is 5.97 Å². The summed E-state index contributed by atoms with van der Waals surface area (Å²) in [5.41, 5.74) is -0.565. The lowest BCUT2D eigenvalue weighted by atomic mass is 10.2. The summed E-state index contributed by atoms with van der Waals surface area (Å²) in [6, 6.07) is 0. The molecule has 6 heteroatoms. The van der Waals surface area contributed by atoms with Crippen LogP contribution in [0.4, 0.5) is 13.2 Å². The maximum Gasteiger partial charge on any atom is 0.389 e. The largest absolute Gasteiger partial charge is 0.459 e. The number of carbonyl (C=O) groups is 1. The molecule has 0 atom stereocenters. The highest BCUT2D eigenvalue weighted by Crippen LogP contribution is 2.20. The van der Waals surface area contributed by atoms with Crippen LogP contribution in [0.1, 0.15) is 33.6 Å². The number of hydrogen-bond donors (Lipinski definition) is 1. The Kier molecular flexibility index (Phi) is 5.78. The smallest absolute Gasteiger partial charge is 0.389 e. The molecule has 0 aliphatic carbocycles. The second kappa shape index (κ2) is 6.08. The van der Waals surface area contributed by atoms with Crippen LogP contribution in [-0.4, -0.2) is 30.8 Å². The zero-order valence-corrected chi connectivity index (χ0v) is 9.78. The Balaban J connectivity index is 3.50. The van der Waals surface area contributed by atoms with E-state index in [0.29, 0.717) is 0 Å². The molecule has 0 aromatic heterocycles. The normalized spacial score (nSPS) is 12.6. The van der Waals surface area contributed by atoms with Crippen molar-refractivity contribution in [1.82, 2.24) is 5.32 Å². The van der Waals surface area contributed by atoms with Gasteiger partial charge in [-0.25, -0.2) is 0 Å². The Labute approximate surface area is 93.3 Å². The highest BCUT2D eigenvalue weighted by molar-refractivity contribution is 5.72. The molecule has 0 rings (SSSR count). The molecule has 0 amide bonds. The lowest BCUT2D eigenvalue weighted by Crippen LogP contribution is -2.32. The molecule has 0 saturated carbocycles. The average Bonchev–Trinajstić information content (AvgIpc) is 1.97. The van der Waals surface area contributed by atoms with Gasteiger partial charge in [-0.2, -0.15) is 13.2 Å². The Hall–Kier alpha value is -0.780. The van der Waals surface area contributed by atoms with Crippen LogP contribution in [0.15, 0.2) is 0 Å². The van der Waals surface area contributed by atoms with Crippen molar-refractivity contribution < 1.29 is 22.7 Å². The van der Waals surface area contributed by atoms with E-state index in [1.807, 2.05) is 0 Å². The fourth-order valence-electron chi connectivity index (χ4n) is 0.982. The average molecular weight is 241 g/mol. The second-order valence-electron chi connectivity index (χ2n) is 4.48. The van der Waals surface area contributed by atoms with Crippen molar-refractivity contribution in [2.45, 2.75) is 45.4 Å². The van der Waals surface area contributed by atoms with Crippen LogP contribution < -0.4 is 5.32 Å². The fourth-order valence-corrected chi connectivity index (χ4v) is 0.982. The van der Waals surface area contributed by atoms with Gasteiger partial charge in [0, 0.05) is 6.42 Å². The van der Waals surface area contributed by atoms with Gasteiger partial charge in [0.15, 0.2) is 0 Å². The van der Waals surface area contributed by atoms with Gasteiger partial charge in [-0.15, -0.1) is 0 Å². The lowest BCUT2D eigenvalue weighted by Gasteiger charge is -2.19. The van der Waals surface area contributed by atoms with E-state index in [0.717, 1.165) is 0 Å². The molecular weight excluding hydrogens is 223 g/mol. The predicted octanol–water partition coefficient (Wildman–Crippen LogP) is 2.26. The minimum Gasteiger partial charge on any atom is -0.459 e. The minimum atomic E-state index is -4.13. The van der Waals surface area contributed by atoms with Crippen molar-refractivity contribution in [3.8, 4) is 0 Å². The van der Waals surface area contributed by atoms with Crippen LogP contribution in [0.3, 0.4) is 0 Å². The summed E-state index contributed by atoms with van der Waals surface area (Å²) in [6.45, 7) is 5.28. The maximum atomic E-state index is 11.7. The van der Waals surface area contributed by atoms with Gasteiger partial charge in [-0.1, -0.05) is 0 Å². The van der Waals surface area contributed by atoms with Crippen molar-refractivity contribution in [2.75, 3.05) is 13.1 Å². The van der Waals surface area contributed by atoms with Gasteiger partial charge in [0.1, 0.15) is 5.60 Å². The zero-order valence-electron chi connectivity index (χ0n) is 9.78. The summed E-state index contributed by atoms with van der Waals surface area (Å²) in [6.07, 6.45) is -5.01. The topological polar surface area (TPSA) is 38.3 Å². The molecular formula is C10H18F3NO2. The third-order valence-electron chi connectivity index (χ3n) is 1.50. The fraction of sp³-hybridized carbons (Fsp3) is 0.900. The number of ether oxygens (including phenoxy) is 1. The van der Waals surface area contributed by atoms with E-state index in [4.69, 9.17) is 4.74 Å². The summed E-state index contributed by atoms with van der Waals surface area (Å²) in [7, 11) is 0. The van der Waals surface area contributed by atoms with Gasteiger partial charge < -0.3 is 10.1 Å². The first-order chi connectivity index (χ1) is 7.10. The van der Waals surface area contributed by atoms with E-state index in [2.05, 4.69) is 5.32 Å². The third kappa shape index (κ3) is 11.3. The molecule has 0 heterocycles. The van der Waals surface area contributed by atoms with Crippen LogP contribution in [0.25, 0.3) is 0 Å². The summed E-state index contributed by atoms with van der Waals surface area (Å²) in [5, 5.41) is 2.61. The molecule has 16 heavy (non-hydrogen) atoms. The molecule has 0 saturated heterocycles. The highest BCUT2D eigenvalue weighted by atomic mass is 19.4. The minimum absolute atomic E-state index is 0.0354. The van der Waals surface area contributed by atoms with Gasteiger partial charge in [0.25, 0.3) is 0 Å². The Bertz CT molecular complexity index is 221. The molecule has 0 fully saturated rings. The van der Waals surface area contributed by atoms with E-state index in [-0.39, 0.29) is 19.5 Å². The van der Waals surface area contributed by atoms with Crippen LogP contribution in [-0.2, 0) is 9.53 Å². The standard InChI is InChI=1S/C10H18F3NO2/c1-9(2,3)16-8(15)7-14-6-4-5-10(11,12)13/h14H,4-7H2,1-3H3. The summed E-state index contributed by atoms with van der Waals surface area (Å²) in [4.78, 5) is 11.1. The van der Waals surface area contributed by atoms with Crippen molar-refractivity contribution in [2.24, 2.45) is 0 Å². The van der Waals surface area contributed by atoms with E-state index in [1.54, 1.807) is 20.8 Å². The van der Waals surface area contributed by atoms with Crippen molar-refractivity contribution in [3.63, 3.8) is 0 Å². The Morgan fingerprint density at radius 3 is 2.25 bits per heavy atom. The van der Waals surface area contributed by atoms with Crippen LogP contribution in [0.2, 0.25) is 0 Å². The maximum absolute atomic E-state index is 11.7. The molecule has 0 spiro atoms. The first-order valence-electron chi connectivity index (χ1n) is 5.09. The molecule has 0 aliphatic heterocycles. The Morgan fingerprint density at radius 1 is 1.25 bits per heavy atom. The van der Waals surface area contributed by atoms with Gasteiger partial charge >= 0.3 is 12.1 Å². The summed E-state index contributed by atoms with van der Waals surface area (Å²) < 4.78 is 40.2. The molecule has 0 aliphatic rings. The quantitative estimate of drug-likeness (QED) is 0.592. The molecule has 3 nitrogen and oxygen atoms in total. The van der Waals surface area contributed by atoms with Gasteiger partial charge in [-0.05, 0) is 33.7 Å². The molecule has 96 valence electrons. The molecule has 0 aromatic rings. The number of esters is 1. The van der Waals surface area contributed by atoms with Crippen molar-refractivity contribution in [1.29, 1.82) is 0 Å². The number of carbonyl (C=O) groups excluding carboxylic acids is 1. The van der Waals surface area contributed by atoms with E-state index in [9.17, 15) is 18.0 Å². The number of alkyl halides is 3. The van der Waals surface area contributed by atoms with Gasteiger partial charge in [0.05, 0.1) is 6.54 Å². The lowest BCUT2D eigenvalue weighted by molar-refractivity contribution is -0.153. The number of rotatable bonds is 5. The molecule has 0 bridgehead atoms. The van der Waals surface area contributed by atoms with E-state index >= 15 is 0 Å². The molecule has 1 N–H and O–H groups in total. The monoisotopic (exact) mass is 241 g/mol. The van der Waals surface area contributed by atoms with E-state index in [1.165, 1.54) is 0 Å².